The topological polar surface area (TPSA) is 41.6 Å². The molecule has 136 valence electrons. The van der Waals surface area contributed by atoms with Gasteiger partial charge in [0.25, 0.3) is 0 Å². The van der Waals surface area contributed by atoms with E-state index in [1.165, 1.54) is 6.07 Å². The molecule has 1 aliphatic carbocycles. The number of benzene rings is 1. The molecule has 4 rings (SSSR count). The number of ether oxygens (including phenoxy) is 1. The molecule has 2 heterocycles. The number of rotatable bonds is 4. The summed E-state index contributed by atoms with van der Waals surface area (Å²) in [4.78, 5) is 14.5. The molecule has 1 unspecified atom stereocenters. The fourth-order valence-electron chi connectivity index (χ4n) is 4.79. The molecule has 3 fully saturated rings. The number of carbonyl (C=O) groups excluding carboxylic acids is 1. The number of nitrogens with zero attached hydrogens (tertiary/aromatic N) is 1. The van der Waals surface area contributed by atoms with Gasteiger partial charge in [0, 0.05) is 37.2 Å². The van der Waals surface area contributed by atoms with E-state index >= 15 is 0 Å². The van der Waals surface area contributed by atoms with Gasteiger partial charge in [-0.05, 0) is 56.2 Å². The largest absolute Gasteiger partial charge is 0.380 e. The summed E-state index contributed by atoms with van der Waals surface area (Å²) in [6, 6.07) is 7.66. The zero-order valence-electron chi connectivity index (χ0n) is 14.7. The van der Waals surface area contributed by atoms with Crippen LogP contribution in [-0.4, -0.2) is 41.6 Å². The molecule has 0 radical (unpaired) electrons. The Kier molecular flexibility index (Phi) is 4.78. The lowest BCUT2D eigenvalue weighted by molar-refractivity contribution is -0.133. The molecule has 5 heteroatoms. The minimum absolute atomic E-state index is 0.0201. The first kappa shape index (κ1) is 17.0. The summed E-state index contributed by atoms with van der Waals surface area (Å²) >= 11 is 0. The average molecular weight is 346 g/mol. The molecule has 2 aliphatic heterocycles. The van der Waals surface area contributed by atoms with Gasteiger partial charge in [-0.15, -0.1) is 0 Å². The van der Waals surface area contributed by atoms with Crippen molar-refractivity contribution in [3.8, 4) is 0 Å². The number of hydrogen-bond donors (Lipinski definition) is 1. The Hall–Kier alpha value is -1.46. The molecular weight excluding hydrogens is 319 g/mol. The monoisotopic (exact) mass is 346 g/mol. The summed E-state index contributed by atoms with van der Waals surface area (Å²) in [6.07, 6.45) is 6.96. The summed E-state index contributed by atoms with van der Waals surface area (Å²) in [6.45, 7) is 2.22. The second kappa shape index (κ2) is 7.04. The van der Waals surface area contributed by atoms with Gasteiger partial charge in [-0.25, -0.2) is 4.39 Å². The average Bonchev–Trinajstić information content (AvgIpc) is 3.21. The predicted octanol–water partition coefficient (Wildman–Crippen LogP) is 3.01. The van der Waals surface area contributed by atoms with Crippen LogP contribution in [0.2, 0.25) is 0 Å². The molecule has 1 spiro atoms. The number of amides is 1. The quantitative estimate of drug-likeness (QED) is 0.911. The van der Waals surface area contributed by atoms with E-state index in [4.69, 9.17) is 4.74 Å². The molecule has 25 heavy (non-hydrogen) atoms. The highest BCUT2D eigenvalue weighted by molar-refractivity contribution is 5.79. The first-order chi connectivity index (χ1) is 12.1. The van der Waals surface area contributed by atoms with Crippen molar-refractivity contribution in [2.45, 2.75) is 69.1 Å². The maximum atomic E-state index is 13.5. The number of hydrogen-bond acceptors (Lipinski definition) is 3. The van der Waals surface area contributed by atoms with Crippen LogP contribution in [0.5, 0.6) is 0 Å². The highest BCUT2D eigenvalue weighted by atomic mass is 19.1. The number of nitrogens with one attached hydrogen (secondary N) is 1. The normalized spacial score (nSPS) is 32.7. The lowest BCUT2D eigenvalue weighted by Gasteiger charge is -2.44. The van der Waals surface area contributed by atoms with Crippen LogP contribution in [0.4, 0.5) is 4.39 Å². The van der Waals surface area contributed by atoms with Gasteiger partial charge in [0.2, 0.25) is 5.91 Å². The zero-order valence-corrected chi connectivity index (χ0v) is 14.7. The molecule has 1 N–H and O–H groups in total. The van der Waals surface area contributed by atoms with Gasteiger partial charge in [-0.1, -0.05) is 12.1 Å². The molecule has 1 atom stereocenters. The lowest BCUT2D eigenvalue weighted by Crippen LogP contribution is -2.51. The minimum atomic E-state index is -0.232. The van der Waals surface area contributed by atoms with Crippen LogP contribution in [0.25, 0.3) is 0 Å². The van der Waals surface area contributed by atoms with Crippen molar-refractivity contribution in [1.82, 2.24) is 10.2 Å². The van der Waals surface area contributed by atoms with Gasteiger partial charge in [-0.3, -0.25) is 4.79 Å². The number of likely N-dealkylation sites (tertiary alicyclic amines) is 1. The van der Waals surface area contributed by atoms with E-state index in [9.17, 15) is 9.18 Å². The van der Waals surface area contributed by atoms with Crippen LogP contribution < -0.4 is 5.32 Å². The van der Waals surface area contributed by atoms with Gasteiger partial charge >= 0.3 is 0 Å². The summed E-state index contributed by atoms with van der Waals surface area (Å²) in [5.41, 5.74) is 0.867. The summed E-state index contributed by atoms with van der Waals surface area (Å²) in [7, 11) is 0. The molecular formula is C20H27FN2O2. The van der Waals surface area contributed by atoms with Crippen LogP contribution >= 0.6 is 0 Å². The van der Waals surface area contributed by atoms with Gasteiger partial charge in [-0.2, -0.15) is 0 Å². The Morgan fingerprint density at radius 2 is 2.04 bits per heavy atom. The molecule has 0 aromatic heterocycles. The Labute approximate surface area is 148 Å². The van der Waals surface area contributed by atoms with Crippen molar-refractivity contribution in [1.29, 1.82) is 0 Å². The predicted molar refractivity (Wildman–Crippen MR) is 93.5 cm³/mol. The molecule has 0 bridgehead atoms. The first-order valence-electron chi connectivity index (χ1n) is 9.53. The van der Waals surface area contributed by atoms with Crippen molar-refractivity contribution in [3.05, 3.63) is 35.6 Å². The Morgan fingerprint density at radius 1 is 1.20 bits per heavy atom. The van der Waals surface area contributed by atoms with E-state index in [2.05, 4.69) is 5.32 Å². The Bertz CT molecular complexity index is 622. The lowest BCUT2D eigenvalue weighted by atomic mass is 9.77. The van der Waals surface area contributed by atoms with Crippen molar-refractivity contribution in [2.75, 3.05) is 13.2 Å². The second-order valence-corrected chi connectivity index (χ2v) is 7.84. The molecule has 2 saturated heterocycles. The van der Waals surface area contributed by atoms with E-state index in [0.717, 1.165) is 57.3 Å². The third kappa shape index (κ3) is 3.58. The first-order valence-corrected chi connectivity index (χ1v) is 9.53. The fraction of sp³-hybridized carbons (Fsp3) is 0.650. The van der Waals surface area contributed by atoms with Crippen molar-refractivity contribution in [2.24, 2.45) is 0 Å². The molecule has 1 aromatic carbocycles. The third-order valence-corrected chi connectivity index (χ3v) is 6.22. The van der Waals surface area contributed by atoms with Crippen LogP contribution in [-0.2, 0) is 16.1 Å². The van der Waals surface area contributed by atoms with E-state index < -0.39 is 0 Å². The summed E-state index contributed by atoms with van der Waals surface area (Å²) < 4.78 is 18.9. The van der Waals surface area contributed by atoms with Crippen LogP contribution in [0, 0.1) is 5.82 Å². The van der Waals surface area contributed by atoms with Crippen molar-refractivity contribution >= 4 is 5.91 Å². The summed E-state index contributed by atoms with van der Waals surface area (Å²) in [5.74, 6) is -0.00949. The molecule has 3 aliphatic rings. The Morgan fingerprint density at radius 3 is 2.76 bits per heavy atom. The molecule has 1 amide bonds. The molecule has 1 saturated carbocycles. The van der Waals surface area contributed by atoms with Crippen LogP contribution in [0.3, 0.4) is 0 Å². The SMILES string of the molecule is O=C1CCC2(CCC(NC3CCOC3)CC2)N1Cc1cccc(F)c1. The minimum Gasteiger partial charge on any atom is -0.380 e. The van der Waals surface area contributed by atoms with Crippen molar-refractivity contribution < 1.29 is 13.9 Å². The van der Waals surface area contributed by atoms with E-state index in [-0.39, 0.29) is 17.3 Å². The van der Waals surface area contributed by atoms with E-state index in [1.807, 2.05) is 11.0 Å². The van der Waals surface area contributed by atoms with E-state index in [1.54, 1.807) is 12.1 Å². The van der Waals surface area contributed by atoms with Crippen LogP contribution in [0.15, 0.2) is 24.3 Å². The Balaban J connectivity index is 1.41. The second-order valence-electron chi connectivity index (χ2n) is 7.84. The smallest absolute Gasteiger partial charge is 0.223 e. The number of halogens is 1. The third-order valence-electron chi connectivity index (χ3n) is 6.22. The zero-order chi connectivity index (χ0) is 17.3. The summed E-state index contributed by atoms with van der Waals surface area (Å²) in [5, 5.41) is 3.73. The van der Waals surface area contributed by atoms with Gasteiger partial charge < -0.3 is 15.0 Å². The van der Waals surface area contributed by atoms with Crippen molar-refractivity contribution in [3.63, 3.8) is 0 Å². The van der Waals surface area contributed by atoms with Crippen LogP contribution in [0.1, 0.15) is 50.5 Å². The van der Waals surface area contributed by atoms with Gasteiger partial charge in [0.1, 0.15) is 5.82 Å². The standard InChI is InChI=1S/C20H27FN2O2/c21-16-3-1-2-15(12-16)13-23-19(24)6-10-20(23)8-4-17(5-9-20)22-18-7-11-25-14-18/h1-3,12,17-18,22H,4-11,13-14H2. The molecule has 4 nitrogen and oxygen atoms in total. The van der Waals surface area contributed by atoms with Gasteiger partial charge in [0.15, 0.2) is 0 Å². The fourth-order valence-corrected chi connectivity index (χ4v) is 4.79. The highest BCUT2D eigenvalue weighted by Gasteiger charge is 2.47. The van der Waals surface area contributed by atoms with Gasteiger partial charge in [0.05, 0.1) is 6.61 Å². The maximum Gasteiger partial charge on any atom is 0.223 e. The maximum absolute atomic E-state index is 13.5. The highest BCUT2D eigenvalue weighted by Crippen LogP contribution is 2.43. The number of carbonyl (C=O) groups is 1. The van der Waals surface area contributed by atoms with E-state index in [0.29, 0.717) is 25.0 Å². The molecule has 1 aromatic rings.